The Morgan fingerprint density at radius 2 is 1.76 bits per heavy atom. The van der Waals surface area contributed by atoms with Gasteiger partial charge in [-0.1, -0.05) is 42.5 Å². The number of rotatable bonds is 15. The molecule has 0 heterocycles. The van der Waals surface area contributed by atoms with Crippen LogP contribution < -0.4 is 10.1 Å². The average Bonchev–Trinajstić information content (AvgIpc) is 2.80. The van der Waals surface area contributed by atoms with E-state index in [0.29, 0.717) is 25.1 Å². The van der Waals surface area contributed by atoms with Gasteiger partial charge in [0, 0.05) is 43.5 Å². The molecule has 1 N–H and O–H groups in total. The van der Waals surface area contributed by atoms with Crippen LogP contribution in [0.4, 0.5) is 0 Å². The van der Waals surface area contributed by atoms with E-state index in [4.69, 9.17) is 9.47 Å². The fraction of sp³-hybridized carbons (Fsp3) is 0.536. The minimum absolute atomic E-state index is 0.139. The van der Waals surface area contributed by atoms with Gasteiger partial charge in [0.1, 0.15) is 12.4 Å². The van der Waals surface area contributed by atoms with Crippen molar-refractivity contribution in [1.29, 1.82) is 0 Å². The maximum atomic E-state index is 11.3. The number of nitrogens with one attached hydrogen (secondary N) is 1. The van der Waals surface area contributed by atoms with Crippen molar-refractivity contribution in [1.82, 2.24) is 10.2 Å². The molecule has 0 saturated heterocycles. The van der Waals surface area contributed by atoms with Gasteiger partial charge in [-0.3, -0.25) is 9.69 Å². The van der Waals surface area contributed by atoms with Crippen LogP contribution in [0.1, 0.15) is 53.4 Å². The third-order valence-corrected chi connectivity index (χ3v) is 5.88. The second kappa shape index (κ2) is 14.7. The summed E-state index contributed by atoms with van der Waals surface area (Å²) in [5, 5.41) is 5.92. The monoisotopic (exact) mass is 454 g/mol. The molecule has 0 spiro atoms. The average molecular weight is 455 g/mol. The number of allylic oxidation sites excluding steroid dienone is 1. The Kier molecular flexibility index (Phi) is 12.0. The van der Waals surface area contributed by atoms with E-state index in [9.17, 15) is 4.79 Å². The number of carbonyl (C=O) groups is 1. The smallest absolute Gasteiger partial charge is 0.305 e. The predicted octanol–water partition coefficient (Wildman–Crippen LogP) is 5.59. The largest absolute Gasteiger partial charge is 0.489 e. The van der Waals surface area contributed by atoms with E-state index < -0.39 is 0 Å². The summed E-state index contributed by atoms with van der Waals surface area (Å²) in [4.78, 5) is 13.8. The van der Waals surface area contributed by atoms with Crippen LogP contribution in [0.2, 0.25) is 0 Å². The van der Waals surface area contributed by atoms with Crippen molar-refractivity contribution >= 4 is 16.7 Å². The molecule has 0 aromatic heterocycles. The Labute approximate surface area is 200 Å². The molecule has 2 aromatic rings. The van der Waals surface area contributed by atoms with Crippen LogP contribution in [0, 0.1) is 0 Å². The highest BCUT2D eigenvalue weighted by atomic mass is 16.5. The van der Waals surface area contributed by atoms with Crippen molar-refractivity contribution in [2.75, 3.05) is 33.4 Å². The van der Waals surface area contributed by atoms with Crippen LogP contribution in [-0.2, 0) is 9.53 Å². The Balaban J connectivity index is 1.94. The second-order valence-corrected chi connectivity index (χ2v) is 9.05. The number of methoxy groups -OCH3 is 1. The highest BCUT2D eigenvalue weighted by molar-refractivity contribution is 5.88. The molecular weight excluding hydrogens is 412 g/mol. The molecule has 5 heteroatoms. The van der Waals surface area contributed by atoms with Crippen molar-refractivity contribution in [2.45, 2.75) is 65.5 Å². The van der Waals surface area contributed by atoms with E-state index in [1.807, 2.05) is 24.3 Å². The lowest BCUT2D eigenvalue weighted by molar-refractivity contribution is -0.140. The highest BCUT2D eigenvalue weighted by Crippen LogP contribution is 2.25. The first kappa shape index (κ1) is 26.9. The molecule has 0 aliphatic carbocycles. The molecule has 2 rings (SSSR count). The second-order valence-electron chi connectivity index (χ2n) is 9.05. The Morgan fingerprint density at radius 3 is 2.48 bits per heavy atom. The summed E-state index contributed by atoms with van der Waals surface area (Å²) in [6.45, 7) is 12.3. The van der Waals surface area contributed by atoms with E-state index in [1.54, 1.807) is 0 Å². The molecule has 0 saturated carbocycles. The Hall–Kier alpha value is -2.37. The van der Waals surface area contributed by atoms with Crippen LogP contribution >= 0.6 is 0 Å². The van der Waals surface area contributed by atoms with Gasteiger partial charge in [-0.2, -0.15) is 0 Å². The van der Waals surface area contributed by atoms with Crippen molar-refractivity contribution in [2.24, 2.45) is 0 Å². The molecule has 0 atom stereocenters. The van der Waals surface area contributed by atoms with Crippen LogP contribution in [-0.4, -0.2) is 56.3 Å². The summed E-state index contributed by atoms with van der Waals surface area (Å²) in [7, 11) is 1.44. The number of unbranched alkanes of at least 4 members (excludes halogenated alkanes) is 2. The van der Waals surface area contributed by atoms with Gasteiger partial charge in [-0.15, -0.1) is 0 Å². The molecule has 0 bridgehead atoms. The van der Waals surface area contributed by atoms with Crippen LogP contribution in [0.3, 0.4) is 0 Å². The van der Waals surface area contributed by atoms with E-state index >= 15 is 0 Å². The minimum Gasteiger partial charge on any atom is -0.489 e. The first-order chi connectivity index (χ1) is 15.9. The first-order valence-electron chi connectivity index (χ1n) is 12.2. The SMILES string of the molecule is COC(=O)CCCC/C=C(/CNCCN(C(C)C)C(C)C)COc1cccc2ccccc12. The number of benzene rings is 2. The predicted molar refractivity (Wildman–Crippen MR) is 138 cm³/mol. The molecule has 0 radical (unpaired) electrons. The highest BCUT2D eigenvalue weighted by Gasteiger charge is 2.12. The number of esters is 1. The molecule has 0 unspecified atom stereocenters. The molecule has 5 nitrogen and oxygen atoms in total. The Bertz CT molecular complexity index is 863. The molecule has 182 valence electrons. The number of hydrogen-bond donors (Lipinski definition) is 1. The molecule has 0 aliphatic rings. The van der Waals surface area contributed by atoms with E-state index in [2.05, 4.69) is 62.2 Å². The van der Waals surface area contributed by atoms with Crippen LogP contribution in [0.25, 0.3) is 10.8 Å². The fourth-order valence-electron chi connectivity index (χ4n) is 4.07. The van der Waals surface area contributed by atoms with Crippen LogP contribution in [0.5, 0.6) is 5.75 Å². The van der Waals surface area contributed by atoms with Gasteiger partial charge in [0.05, 0.1) is 7.11 Å². The third-order valence-electron chi connectivity index (χ3n) is 5.88. The lowest BCUT2D eigenvalue weighted by Gasteiger charge is -2.30. The summed E-state index contributed by atoms with van der Waals surface area (Å²) >= 11 is 0. The molecule has 0 amide bonds. The number of carbonyl (C=O) groups excluding carboxylic acids is 1. The maximum Gasteiger partial charge on any atom is 0.305 e. The zero-order valence-corrected chi connectivity index (χ0v) is 21.1. The number of fused-ring (bicyclic) bond motifs is 1. The van der Waals surface area contributed by atoms with Crippen molar-refractivity contribution in [3.05, 3.63) is 54.1 Å². The van der Waals surface area contributed by atoms with E-state index in [1.165, 1.54) is 18.1 Å². The maximum absolute atomic E-state index is 11.3. The van der Waals surface area contributed by atoms with Gasteiger partial charge in [0.25, 0.3) is 0 Å². The number of ether oxygens (including phenoxy) is 2. The van der Waals surface area contributed by atoms with Gasteiger partial charge < -0.3 is 14.8 Å². The van der Waals surface area contributed by atoms with Gasteiger partial charge >= 0.3 is 5.97 Å². The number of hydrogen-bond acceptors (Lipinski definition) is 5. The first-order valence-corrected chi connectivity index (χ1v) is 12.2. The van der Waals surface area contributed by atoms with Crippen molar-refractivity contribution < 1.29 is 14.3 Å². The van der Waals surface area contributed by atoms with Crippen molar-refractivity contribution in [3.8, 4) is 5.75 Å². The fourth-order valence-corrected chi connectivity index (χ4v) is 4.07. The van der Waals surface area contributed by atoms with Crippen LogP contribution in [0.15, 0.2) is 54.1 Å². The van der Waals surface area contributed by atoms with Gasteiger partial charge in [0.15, 0.2) is 0 Å². The standard InChI is InChI=1S/C28H42N2O3/c1-22(2)30(23(3)4)19-18-29-20-24(12-7-6-8-17-28(31)32-5)21-33-27-16-11-14-25-13-9-10-15-26(25)27/h9-16,22-23,29H,6-8,17-21H2,1-5H3/b24-12-. The molecule has 0 aliphatic heterocycles. The van der Waals surface area contributed by atoms with E-state index in [-0.39, 0.29) is 5.97 Å². The zero-order valence-electron chi connectivity index (χ0n) is 21.1. The molecular formula is C28H42N2O3. The molecule has 33 heavy (non-hydrogen) atoms. The quantitative estimate of drug-likeness (QED) is 0.216. The Morgan fingerprint density at radius 1 is 1.03 bits per heavy atom. The summed E-state index contributed by atoms with van der Waals surface area (Å²) in [5.41, 5.74) is 1.24. The molecule has 0 fully saturated rings. The normalized spacial score (nSPS) is 12.2. The van der Waals surface area contributed by atoms with Gasteiger partial charge in [-0.25, -0.2) is 0 Å². The topological polar surface area (TPSA) is 50.8 Å². The van der Waals surface area contributed by atoms with Crippen molar-refractivity contribution in [3.63, 3.8) is 0 Å². The van der Waals surface area contributed by atoms with Gasteiger partial charge in [0.2, 0.25) is 0 Å². The summed E-state index contributed by atoms with van der Waals surface area (Å²) < 4.78 is 11.0. The minimum atomic E-state index is -0.139. The zero-order chi connectivity index (χ0) is 24.1. The molecule has 2 aromatic carbocycles. The van der Waals surface area contributed by atoms with Gasteiger partial charge in [-0.05, 0) is 64.0 Å². The summed E-state index contributed by atoms with van der Waals surface area (Å²) in [5.74, 6) is 0.774. The lowest BCUT2D eigenvalue weighted by Crippen LogP contribution is -2.41. The summed E-state index contributed by atoms with van der Waals surface area (Å²) in [6.07, 6.45) is 5.47. The van der Waals surface area contributed by atoms with E-state index in [0.717, 1.165) is 50.0 Å². The third kappa shape index (κ3) is 9.56. The number of nitrogens with zero attached hydrogens (tertiary/aromatic N) is 1. The summed E-state index contributed by atoms with van der Waals surface area (Å²) in [6, 6.07) is 15.6. The lowest BCUT2D eigenvalue weighted by atomic mass is 10.1.